The Hall–Kier alpha value is -3.89. The molecule has 208 valence electrons. The molecular weight excluding hydrogens is 542 g/mol. The minimum atomic E-state index is -3.48. The van der Waals surface area contributed by atoms with Crippen molar-refractivity contribution in [2.24, 2.45) is 0 Å². The smallest absolute Gasteiger partial charge is 0.229 e. The lowest BCUT2D eigenvalue weighted by Gasteiger charge is -2.29. The maximum atomic E-state index is 11.9. The van der Waals surface area contributed by atoms with Gasteiger partial charge in [0, 0.05) is 35.0 Å². The number of anilines is 2. The third kappa shape index (κ3) is 5.16. The number of sulfonamides is 1. The van der Waals surface area contributed by atoms with Crippen molar-refractivity contribution in [1.29, 1.82) is 0 Å². The molecule has 0 unspecified atom stereocenters. The number of hydrogen-bond donors (Lipinski definition) is 2. The van der Waals surface area contributed by atoms with Crippen LogP contribution in [0.25, 0.3) is 5.69 Å². The highest BCUT2D eigenvalue weighted by Gasteiger charge is 2.42. The van der Waals surface area contributed by atoms with Gasteiger partial charge in [0.1, 0.15) is 5.75 Å². The van der Waals surface area contributed by atoms with Gasteiger partial charge < -0.3 is 19.5 Å². The Morgan fingerprint density at radius 2 is 1.80 bits per heavy atom. The molecule has 4 aromatic rings. The van der Waals surface area contributed by atoms with Crippen LogP contribution in [-0.4, -0.2) is 36.4 Å². The van der Waals surface area contributed by atoms with E-state index in [2.05, 4.69) is 76.5 Å². The zero-order valence-corrected chi connectivity index (χ0v) is 25.0. The van der Waals surface area contributed by atoms with Crippen LogP contribution in [0.1, 0.15) is 45.9 Å². The zero-order valence-electron chi connectivity index (χ0n) is 23.4. The second kappa shape index (κ2) is 10.6. The van der Waals surface area contributed by atoms with Crippen LogP contribution in [0.2, 0.25) is 0 Å². The summed E-state index contributed by atoms with van der Waals surface area (Å²) >= 11 is 5.92. The number of hydrogen-bond acceptors (Lipinski definition) is 5. The Kier molecular flexibility index (Phi) is 7.32. The first-order valence-corrected chi connectivity index (χ1v) is 15.2. The van der Waals surface area contributed by atoms with Gasteiger partial charge in [0.2, 0.25) is 10.0 Å². The summed E-state index contributed by atoms with van der Waals surface area (Å²) in [5.41, 5.74) is 8.87. The SMILES string of the molecule is COc1cc(N2C(=S)N[C@@H](c3ccccn3)[C@H]2c2cc(C)n(-c3cc(C)ccc3C)c2C)ccc1NS(C)(=O)=O. The van der Waals surface area contributed by atoms with Gasteiger partial charge in [-0.05, 0) is 93.0 Å². The van der Waals surface area contributed by atoms with E-state index in [4.69, 9.17) is 17.0 Å². The number of ether oxygens (including phenoxy) is 1. The average Bonchev–Trinajstić information content (AvgIpc) is 3.40. The summed E-state index contributed by atoms with van der Waals surface area (Å²) in [4.78, 5) is 6.74. The van der Waals surface area contributed by atoms with Crippen molar-refractivity contribution in [3.63, 3.8) is 0 Å². The van der Waals surface area contributed by atoms with Gasteiger partial charge in [-0.2, -0.15) is 0 Å². The number of aromatic nitrogens is 2. The number of methoxy groups -OCH3 is 1. The zero-order chi connectivity index (χ0) is 28.8. The fourth-order valence-electron chi connectivity index (χ4n) is 5.48. The molecule has 1 aliphatic rings. The minimum Gasteiger partial charge on any atom is -0.494 e. The van der Waals surface area contributed by atoms with E-state index >= 15 is 0 Å². The van der Waals surface area contributed by atoms with E-state index in [0.29, 0.717) is 16.5 Å². The van der Waals surface area contributed by atoms with Crippen LogP contribution in [0, 0.1) is 27.7 Å². The van der Waals surface area contributed by atoms with Crippen LogP contribution < -0.4 is 19.7 Å². The van der Waals surface area contributed by atoms with Gasteiger partial charge in [-0.15, -0.1) is 0 Å². The number of nitrogens with one attached hydrogen (secondary N) is 2. The lowest BCUT2D eigenvalue weighted by molar-refractivity contribution is 0.417. The Morgan fingerprint density at radius 1 is 1.02 bits per heavy atom. The van der Waals surface area contributed by atoms with Crippen LogP contribution in [0.15, 0.2) is 66.9 Å². The Morgan fingerprint density at radius 3 is 2.48 bits per heavy atom. The molecule has 40 heavy (non-hydrogen) atoms. The standard InChI is InChI=1S/C30H33N5O3S2/c1-18-10-11-19(2)26(15-18)34-20(3)16-23(21(34)4)29-28(25-9-7-8-14-31-25)32-30(39)35(29)22-12-13-24(27(17-22)38-5)33-40(6,36)37/h7-17,28-29,33H,1-6H3,(H,32,39)/t28-,29+/m0/s1. The quantitative estimate of drug-likeness (QED) is 0.275. The van der Waals surface area contributed by atoms with E-state index in [9.17, 15) is 8.42 Å². The molecule has 0 radical (unpaired) electrons. The fraction of sp³-hybridized carbons (Fsp3) is 0.267. The predicted molar refractivity (Wildman–Crippen MR) is 164 cm³/mol. The summed E-state index contributed by atoms with van der Waals surface area (Å²) in [5, 5.41) is 4.05. The molecule has 2 aromatic carbocycles. The highest BCUT2D eigenvalue weighted by Crippen LogP contribution is 2.45. The molecule has 2 aromatic heterocycles. The maximum absolute atomic E-state index is 11.9. The van der Waals surface area contributed by atoms with Crippen molar-refractivity contribution in [3.05, 3.63) is 101 Å². The second-order valence-electron chi connectivity index (χ2n) is 10.2. The first kappa shape index (κ1) is 27.7. The molecule has 1 fully saturated rings. The molecule has 0 bridgehead atoms. The Balaban J connectivity index is 1.68. The topological polar surface area (TPSA) is 88.5 Å². The van der Waals surface area contributed by atoms with Crippen LogP contribution in [0.3, 0.4) is 0 Å². The molecule has 5 rings (SSSR count). The minimum absolute atomic E-state index is 0.221. The highest BCUT2D eigenvalue weighted by atomic mass is 32.2. The molecule has 8 nitrogen and oxygen atoms in total. The Labute approximate surface area is 241 Å². The van der Waals surface area contributed by atoms with Crippen molar-refractivity contribution in [3.8, 4) is 11.4 Å². The van der Waals surface area contributed by atoms with Crippen molar-refractivity contribution in [1.82, 2.24) is 14.9 Å². The molecule has 10 heteroatoms. The van der Waals surface area contributed by atoms with Crippen LogP contribution in [-0.2, 0) is 10.0 Å². The van der Waals surface area contributed by atoms with Crippen molar-refractivity contribution in [2.45, 2.75) is 39.8 Å². The first-order chi connectivity index (χ1) is 19.0. The number of thiocarbonyl (C=S) groups is 1. The normalized spacial score (nSPS) is 17.1. The highest BCUT2D eigenvalue weighted by molar-refractivity contribution is 7.92. The summed E-state index contributed by atoms with van der Waals surface area (Å²) in [7, 11) is -1.97. The van der Waals surface area contributed by atoms with E-state index in [-0.39, 0.29) is 12.1 Å². The van der Waals surface area contributed by atoms with Gasteiger partial charge in [-0.1, -0.05) is 18.2 Å². The molecule has 1 aliphatic heterocycles. The molecule has 0 spiro atoms. The van der Waals surface area contributed by atoms with Gasteiger partial charge in [0.15, 0.2) is 5.11 Å². The average molecular weight is 576 g/mol. The number of aryl methyl sites for hydroxylation is 3. The summed E-state index contributed by atoms with van der Waals surface area (Å²) in [6.45, 7) is 8.49. The van der Waals surface area contributed by atoms with E-state index in [1.807, 2.05) is 24.3 Å². The summed E-state index contributed by atoms with van der Waals surface area (Å²) in [6.07, 6.45) is 2.90. The third-order valence-electron chi connectivity index (χ3n) is 7.25. The van der Waals surface area contributed by atoms with Gasteiger partial charge in [0.25, 0.3) is 0 Å². The van der Waals surface area contributed by atoms with Crippen molar-refractivity contribution < 1.29 is 13.2 Å². The van der Waals surface area contributed by atoms with E-state index < -0.39 is 10.0 Å². The van der Waals surface area contributed by atoms with Crippen LogP contribution in [0.5, 0.6) is 5.75 Å². The first-order valence-electron chi connectivity index (χ1n) is 12.9. The van der Waals surface area contributed by atoms with Gasteiger partial charge in [0.05, 0.1) is 36.8 Å². The summed E-state index contributed by atoms with van der Waals surface area (Å²) in [6, 6.07) is 19.5. The van der Waals surface area contributed by atoms with Gasteiger partial charge in [-0.25, -0.2) is 8.42 Å². The number of benzene rings is 2. The molecule has 2 atom stereocenters. The van der Waals surface area contributed by atoms with E-state index in [0.717, 1.165) is 40.3 Å². The van der Waals surface area contributed by atoms with Gasteiger partial charge in [-0.3, -0.25) is 9.71 Å². The number of nitrogens with zero attached hydrogens (tertiary/aromatic N) is 3. The molecule has 2 N–H and O–H groups in total. The molecule has 3 heterocycles. The molecular formula is C30H33N5O3S2. The second-order valence-corrected chi connectivity index (χ2v) is 12.3. The monoisotopic (exact) mass is 575 g/mol. The van der Waals surface area contributed by atoms with Crippen molar-refractivity contribution in [2.75, 3.05) is 23.0 Å². The number of pyridine rings is 1. The fourth-order valence-corrected chi connectivity index (χ4v) is 6.39. The van der Waals surface area contributed by atoms with Crippen molar-refractivity contribution >= 4 is 38.7 Å². The molecule has 0 saturated carbocycles. The van der Waals surface area contributed by atoms with E-state index in [1.54, 1.807) is 18.3 Å². The summed E-state index contributed by atoms with van der Waals surface area (Å²) in [5.74, 6) is 0.395. The van der Waals surface area contributed by atoms with Crippen LogP contribution in [0.4, 0.5) is 11.4 Å². The lowest BCUT2D eigenvalue weighted by atomic mass is 9.96. The lowest BCUT2D eigenvalue weighted by Crippen LogP contribution is -2.29. The summed E-state index contributed by atoms with van der Waals surface area (Å²) < 4.78 is 34.2. The predicted octanol–water partition coefficient (Wildman–Crippen LogP) is 5.66. The van der Waals surface area contributed by atoms with E-state index in [1.165, 1.54) is 18.2 Å². The molecule has 0 aliphatic carbocycles. The molecule has 1 saturated heterocycles. The Bertz CT molecular complexity index is 1700. The van der Waals surface area contributed by atoms with Gasteiger partial charge >= 0.3 is 0 Å². The molecule has 0 amide bonds. The maximum Gasteiger partial charge on any atom is 0.229 e. The third-order valence-corrected chi connectivity index (χ3v) is 8.16. The largest absolute Gasteiger partial charge is 0.494 e. The number of rotatable bonds is 7. The van der Waals surface area contributed by atoms with Crippen LogP contribution >= 0.6 is 12.2 Å².